The highest BCUT2D eigenvalue weighted by Crippen LogP contribution is 2.40. The van der Waals surface area contributed by atoms with Gasteiger partial charge in [0.1, 0.15) is 5.02 Å². The third-order valence-corrected chi connectivity index (χ3v) is 8.13. The fraction of sp³-hybridized carbons (Fsp3) is 0.345. The molecule has 8 heteroatoms. The SMILES string of the molecule is CN1Cc2cc(Nc3ncc(Cl)c(-n4cc(C(C)(C)C(=O)O)c5ccccc54)n3)cc3c2C(CCC3)C1. The molecule has 1 aliphatic carbocycles. The largest absolute Gasteiger partial charge is 0.481 e. The molecule has 7 nitrogen and oxygen atoms in total. The molecule has 0 bridgehead atoms. The maximum atomic E-state index is 12.1. The predicted octanol–water partition coefficient (Wildman–Crippen LogP) is 6.05. The lowest BCUT2D eigenvalue weighted by atomic mass is 9.77. The molecule has 0 amide bonds. The number of fused-ring (bicyclic) bond motifs is 1. The Morgan fingerprint density at radius 1 is 1.22 bits per heavy atom. The van der Waals surface area contributed by atoms with Gasteiger partial charge in [0.15, 0.2) is 5.82 Å². The Kier molecular flexibility index (Phi) is 5.73. The summed E-state index contributed by atoms with van der Waals surface area (Å²) in [5, 5.41) is 14.5. The molecule has 0 saturated carbocycles. The van der Waals surface area contributed by atoms with Gasteiger partial charge in [0, 0.05) is 30.4 Å². The maximum Gasteiger partial charge on any atom is 0.313 e. The fourth-order valence-electron chi connectivity index (χ4n) is 5.99. The topological polar surface area (TPSA) is 83.3 Å². The maximum absolute atomic E-state index is 12.1. The third kappa shape index (κ3) is 4.06. The number of para-hydroxylation sites is 1. The van der Waals surface area contributed by atoms with Gasteiger partial charge in [-0.3, -0.25) is 9.36 Å². The minimum atomic E-state index is -1.08. The number of benzene rings is 2. The first-order chi connectivity index (χ1) is 17.7. The highest BCUT2D eigenvalue weighted by molar-refractivity contribution is 6.32. The zero-order valence-electron chi connectivity index (χ0n) is 21.3. The van der Waals surface area contributed by atoms with E-state index in [1.54, 1.807) is 25.6 Å². The van der Waals surface area contributed by atoms with Crippen LogP contribution in [0.4, 0.5) is 11.6 Å². The van der Waals surface area contributed by atoms with Crippen molar-refractivity contribution in [2.45, 2.75) is 51.0 Å². The first kappa shape index (κ1) is 23.9. The van der Waals surface area contributed by atoms with E-state index in [-0.39, 0.29) is 0 Å². The molecule has 0 saturated heterocycles. The van der Waals surface area contributed by atoms with Crippen molar-refractivity contribution in [2.24, 2.45) is 0 Å². The van der Waals surface area contributed by atoms with Crippen LogP contribution in [0.1, 0.15) is 54.9 Å². The van der Waals surface area contributed by atoms with Crippen molar-refractivity contribution < 1.29 is 9.90 Å². The standard InChI is InChI=1S/C29H30ClN5O2/c1-29(2,27(36)37)22-16-35(24-10-5-4-9-21(22)24)26-23(30)13-31-28(33-26)32-20-11-17-7-6-8-18-14-34(3)15-19(12-20)25(17)18/h4-5,9-13,16,18H,6-8,14-15H2,1-3H3,(H,36,37)(H,31,32,33). The van der Waals surface area contributed by atoms with Gasteiger partial charge in [-0.25, -0.2) is 4.98 Å². The summed E-state index contributed by atoms with van der Waals surface area (Å²) in [7, 11) is 2.19. The number of carbonyl (C=O) groups is 1. The average Bonchev–Trinajstić information content (AvgIpc) is 3.25. The molecule has 190 valence electrons. The van der Waals surface area contributed by atoms with E-state index in [1.165, 1.54) is 24.0 Å². The number of anilines is 2. The van der Waals surface area contributed by atoms with Crippen LogP contribution in [0, 0.1) is 0 Å². The lowest BCUT2D eigenvalue weighted by molar-refractivity contribution is -0.142. The molecule has 3 heterocycles. The summed E-state index contributed by atoms with van der Waals surface area (Å²) >= 11 is 6.61. The number of rotatable bonds is 5. The molecule has 2 aromatic carbocycles. The first-order valence-corrected chi connectivity index (χ1v) is 13.1. The van der Waals surface area contributed by atoms with Gasteiger partial charge in [0.05, 0.1) is 17.1 Å². The number of aryl methyl sites for hydroxylation is 1. The fourth-order valence-corrected chi connectivity index (χ4v) is 6.18. The van der Waals surface area contributed by atoms with Crippen LogP contribution in [-0.4, -0.2) is 44.1 Å². The Labute approximate surface area is 221 Å². The van der Waals surface area contributed by atoms with E-state index in [0.717, 1.165) is 36.1 Å². The zero-order chi connectivity index (χ0) is 25.9. The monoisotopic (exact) mass is 515 g/mol. The summed E-state index contributed by atoms with van der Waals surface area (Å²) < 4.78 is 1.86. The van der Waals surface area contributed by atoms with Gasteiger partial charge >= 0.3 is 5.97 Å². The van der Waals surface area contributed by atoms with E-state index in [4.69, 9.17) is 16.6 Å². The number of hydrogen-bond donors (Lipinski definition) is 2. The molecule has 0 radical (unpaired) electrons. The quantitative estimate of drug-likeness (QED) is 0.337. The van der Waals surface area contributed by atoms with Crippen LogP contribution in [0.5, 0.6) is 0 Å². The minimum absolute atomic E-state index is 0.385. The summed E-state index contributed by atoms with van der Waals surface area (Å²) in [6.45, 7) is 5.49. The van der Waals surface area contributed by atoms with Gasteiger partial charge in [0.2, 0.25) is 5.95 Å². The second-order valence-corrected chi connectivity index (χ2v) is 11.3. The van der Waals surface area contributed by atoms with Crippen LogP contribution in [0.3, 0.4) is 0 Å². The lowest BCUT2D eigenvalue weighted by Crippen LogP contribution is -2.33. The third-order valence-electron chi connectivity index (χ3n) is 7.86. The van der Waals surface area contributed by atoms with Crippen molar-refractivity contribution in [3.63, 3.8) is 0 Å². The molecule has 0 spiro atoms. The zero-order valence-corrected chi connectivity index (χ0v) is 22.0. The molecule has 0 fully saturated rings. The van der Waals surface area contributed by atoms with Crippen molar-refractivity contribution in [2.75, 3.05) is 18.9 Å². The van der Waals surface area contributed by atoms with E-state index < -0.39 is 11.4 Å². The van der Waals surface area contributed by atoms with Crippen LogP contribution < -0.4 is 5.32 Å². The molecule has 37 heavy (non-hydrogen) atoms. The molecule has 4 aromatic rings. The average molecular weight is 516 g/mol. The van der Waals surface area contributed by atoms with E-state index in [2.05, 4.69) is 34.4 Å². The van der Waals surface area contributed by atoms with Gasteiger partial charge in [0.25, 0.3) is 0 Å². The van der Waals surface area contributed by atoms with E-state index in [0.29, 0.717) is 28.3 Å². The number of nitrogens with zero attached hydrogens (tertiary/aromatic N) is 4. The van der Waals surface area contributed by atoms with Gasteiger partial charge in [-0.05, 0) is 86.5 Å². The first-order valence-electron chi connectivity index (χ1n) is 12.7. The Balaban J connectivity index is 1.41. The Bertz CT molecular complexity index is 1540. The Morgan fingerprint density at radius 3 is 2.81 bits per heavy atom. The summed E-state index contributed by atoms with van der Waals surface area (Å²) in [4.78, 5) is 23.7. The van der Waals surface area contributed by atoms with Gasteiger partial charge in [-0.2, -0.15) is 4.98 Å². The molecular weight excluding hydrogens is 486 g/mol. The molecule has 2 N–H and O–H groups in total. The van der Waals surface area contributed by atoms with E-state index in [9.17, 15) is 9.90 Å². The molecule has 1 aliphatic heterocycles. The summed E-state index contributed by atoms with van der Waals surface area (Å²) in [5.74, 6) is 0.675. The number of aliphatic carboxylic acids is 1. The summed E-state index contributed by atoms with van der Waals surface area (Å²) in [6.07, 6.45) is 6.99. The molecule has 2 aromatic heterocycles. The number of carboxylic acids is 1. The number of carboxylic acid groups (broad SMARTS) is 1. The van der Waals surface area contributed by atoms with Crippen LogP contribution in [0.2, 0.25) is 5.02 Å². The second-order valence-electron chi connectivity index (χ2n) is 10.8. The summed E-state index contributed by atoms with van der Waals surface area (Å²) in [6, 6.07) is 12.2. The van der Waals surface area contributed by atoms with Gasteiger partial charge < -0.3 is 15.3 Å². The molecule has 1 atom stereocenters. The molecule has 2 aliphatic rings. The number of aromatic nitrogens is 3. The number of nitrogens with one attached hydrogen (secondary N) is 1. The van der Waals surface area contributed by atoms with E-state index >= 15 is 0 Å². The second kappa shape index (κ2) is 8.85. The van der Waals surface area contributed by atoms with Crippen molar-refractivity contribution in [3.8, 4) is 5.82 Å². The van der Waals surface area contributed by atoms with Crippen LogP contribution in [0.25, 0.3) is 16.7 Å². The van der Waals surface area contributed by atoms with E-state index in [1.807, 2.05) is 35.0 Å². The van der Waals surface area contributed by atoms with Crippen molar-refractivity contribution in [1.29, 1.82) is 0 Å². The molecule has 6 rings (SSSR count). The highest BCUT2D eigenvalue weighted by Gasteiger charge is 2.33. The van der Waals surface area contributed by atoms with Crippen molar-refractivity contribution in [1.82, 2.24) is 19.4 Å². The molecule has 1 unspecified atom stereocenters. The van der Waals surface area contributed by atoms with Crippen molar-refractivity contribution in [3.05, 3.63) is 76.1 Å². The number of likely N-dealkylation sites (N-methyl/N-ethyl adjacent to an activating group) is 1. The number of halogens is 1. The normalized spacial score (nSPS) is 17.6. The predicted molar refractivity (Wildman–Crippen MR) is 146 cm³/mol. The summed E-state index contributed by atoms with van der Waals surface area (Å²) in [5.41, 5.74) is 5.78. The van der Waals surface area contributed by atoms with Gasteiger partial charge in [-0.15, -0.1) is 0 Å². The Hall–Kier alpha value is -3.42. The highest BCUT2D eigenvalue weighted by atomic mass is 35.5. The Morgan fingerprint density at radius 2 is 2.00 bits per heavy atom. The van der Waals surface area contributed by atoms with Crippen molar-refractivity contribution >= 4 is 40.1 Å². The number of hydrogen-bond acceptors (Lipinski definition) is 5. The van der Waals surface area contributed by atoms with Crippen LogP contribution in [-0.2, 0) is 23.2 Å². The van der Waals surface area contributed by atoms with Crippen LogP contribution >= 0.6 is 11.6 Å². The van der Waals surface area contributed by atoms with Gasteiger partial charge in [-0.1, -0.05) is 29.8 Å². The van der Waals surface area contributed by atoms with Crippen LogP contribution in [0.15, 0.2) is 48.8 Å². The molecular formula is C29H30ClN5O2. The smallest absolute Gasteiger partial charge is 0.313 e. The lowest BCUT2D eigenvalue weighted by Gasteiger charge is -2.37. The minimum Gasteiger partial charge on any atom is -0.481 e.